The average Bonchev–Trinajstić information content (AvgIpc) is 3.15. The molecule has 0 unspecified atom stereocenters. The molecule has 150 valence electrons. The number of rotatable bonds is 5. The third-order valence-corrected chi connectivity index (χ3v) is 4.98. The van der Waals surface area contributed by atoms with Crippen LogP contribution in [0, 0.1) is 0 Å². The molecular weight excluding hydrogens is 378 g/mol. The molecule has 3 aromatic carbocycles. The van der Waals surface area contributed by atoms with Gasteiger partial charge >= 0.3 is 12.1 Å². The molecule has 1 N–H and O–H groups in total. The first-order valence-electron chi connectivity index (χ1n) is 9.63. The largest absolute Gasteiger partial charge is 0.464 e. The van der Waals surface area contributed by atoms with Crippen LogP contribution in [0.15, 0.2) is 78.5 Å². The fourth-order valence-electron chi connectivity index (χ4n) is 3.55. The Morgan fingerprint density at radius 1 is 0.933 bits per heavy atom. The standard InChI is InChI=1S/C25H21NO4/c1-29-24(27)23(26-25(28)30-16-17-7-3-2-4-8-17)14-18-11-12-22-20(13-18)15-19-9-5-6-10-21(19)22/h2-14H,15-16H2,1H3,(H,26,28)/b23-14+. The minimum absolute atomic E-state index is 0.0195. The minimum Gasteiger partial charge on any atom is -0.464 e. The zero-order valence-electron chi connectivity index (χ0n) is 16.6. The van der Waals surface area contributed by atoms with E-state index in [0.29, 0.717) is 0 Å². The fourth-order valence-corrected chi connectivity index (χ4v) is 3.55. The molecule has 3 aromatic rings. The van der Waals surface area contributed by atoms with Gasteiger partial charge in [0.1, 0.15) is 12.3 Å². The van der Waals surface area contributed by atoms with Gasteiger partial charge < -0.3 is 9.47 Å². The Morgan fingerprint density at radius 3 is 2.47 bits per heavy atom. The van der Waals surface area contributed by atoms with E-state index < -0.39 is 12.1 Å². The number of carbonyl (C=O) groups is 2. The van der Waals surface area contributed by atoms with Gasteiger partial charge in [-0.1, -0.05) is 72.8 Å². The SMILES string of the molecule is COC(=O)/C(=C\c1ccc2c(c1)Cc1ccccc1-2)NC(=O)OCc1ccccc1. The molecule has 5 heteroatoms. The lowest BCUT2D eigenvalue weighted by molar-refractivity contribution is -0.136. The molecule has 0 aromatic heterocycles. The highest BCUT2D eigenvalue weighted by Crippen LogP contribution is 2.36. The summed E-state index contributed by atoms with van der Waals surface area (Å²) in [5.74, 6) is -0.643. The van der Waals surface area contributed by atoms with E-state index in [1.165, 1.54) is 29.4 Å². The van der Waals surface area contributed by atoms with Crippen LogP contribution in [0.2, 0.25) is 0 Å². The van der Waals surface area contributed by atoms with Crippen molar-refractivity contribution in [1.82, 2.24) is 5.32 Å². The van der Waals surface area contributed by atoms with E-state index in [0.717, 1.165) is 17.5 Å². The van der Waals surface area contributed by atoms with Gasteiger partial charge in [-0.2, -0.15) is 0 Å². The van der Waals surface area contributed by atoms with Gasteiger partial charge in [-0.25, -0.2) is 9.59 Å². The molecule has 0 saturated heterocycles. The van der Waals surface area contributed by atoms with Crippen molar-refractivity contribution in [3.63, 3.8) is 0 Å². The van der Waals surface area contributed by atoms with Crippen LogP contribution in [0.5, 0.6) is 0 Å². The van der Waals surface area contributed by atoms with Crippen LogP contribution in [0.3, 0.4) is 0 Å². The molecule has 0 heterocycles. The highest BCUT2D eigenvalue weighted by Gasteiger charge is 2.19. The Hall–Kier alpha value is -3.86. The van der Waals surface area contributed by atoms with Crippen LogP contribution in [0.1, 0.15) is 22.3 Å². The number of nitrogens with one attached hydrogen (secondary N) is 1. The van der Waals surface area contributed by atoms with Gasteiger partial charge in [-0.3, -0.25) is 5.32 Å². The fraction of sp³-hybridized carbons (Fsp3) is 0.120. The van der Waals surface area contributed by atoms with E-state index in [1.807, 2.05) is 60.7 Å². The molecule has 1 aliphatic carbocycles. The molecule has 0 saturated carbocycles. The van der Waals surface area contributed by atoms with Crippen LogP contribution in [0.25, 0.3) is 17.2 Å². The van der Waals surface area contributed by atoms with Crippen LogP contribution < -0.4 is 5.32 Å². The number of fused-ring (bicyclic) bond motifs is 3. The van der Waals surface area contributed by atoms with Gasteiger partial charge in [0.15, 0.2) is 0 Å². The second-order valence-corrected chi connectivity index (χ2v) is 6.99. The van der Waals surface area contributed by atoms with Crippen molar-refractivity contribution in [3.8, 4) is 11.1 Å². The molecule has 0 bridgehead atoms. The molecule has 5 nitrogen and oxygen atoms in total. The quantitative estimate of drug-likeness (QED) is 0.390. The maximum atomic E-state index is 12.2. The highest BCUT2D eigenvalue weighted by atomic mass is 16.6. The van der Waals surface area contributed by atoms with Gasteiger partial charge in [-0.05, 0) is 45.9 Å². The Kier molecular flexibility index (Phi) is 5.61. The first-order chi connectivity index (χ1) is 14.6. The lowest BCUT2D eigenvalue weighted by Crippen LogP contribution is -2.28. The second kappa shape index (κ2) is 8.66. The smallest absolute Gasteiger partial charge is 0.412 e. The predicted molar refractivity (Wildman–Crippen MR) is 114 cm³/mol. The topological polar surface area (TPSA) is 64.6 Å². The number of hydrogen-bond donors (Lipinski definition) is 1. The Morgan fingerprint density at radius 2 is 1.67 bits per heavy atom. The molecule has 4 rings (SSSR count). The molecule has 0 radical (unpaired) electrons. The molecule has 0 aliphatic heterocycles. The number of methoxy groups -OCH3 is 1. The molecule has 0 fully saturated rings. The number of carbonyl (C=O) groups excluding carboxylic acids is 2. The minimum atomic E-state index is -0.718. The predicted octanol–water partition coefficient (Wildman–Crippen LogP) is 4.70. The van der Waals surface area contributed by atoms with Crippen molar-refractivity contribution in [2.75, 3.05) is 7.11 Å². The normalized spacial score (nSPS) is 12.0. The van der Waals surface area contributed by atoms with Crippen molar-refractivity contribution in [3.05, 3.63) is 101 Å². The van der Waals surface area contributed by atoms with Crippen molar-refractivity contribution >= 4 is 18.1 Å². The van der Waals surface area contributed by atoms with Crippen molar-refractivity contribution in [2.24, 2.45) is 0 Å². The van der Waals surface area contributed by atoms with Crippen LogP contribution in [0.4, 0.5) is 4.79 Å². The summed E-state index contributed by atoms with van der Waals surface area (Å²) in [5.41, 5.74) is 6.56. The Labute approximate surface area is 175 Å². The lowest BCUT2D eigenvalue weighted by Gasteiger charge is -2.10. The van der Waals surface area contributed by atoms with Gasteiger partial charge in [0.05, 0.1) is 7.11 Å². The van der Waals surface area contributed by atoms with Gasteiger partial charge in [-0.15, -0.1) is 0 Å². The molecule has 1 amide bonds. The van der Waals surface area contributed by atoms with Crippen molar-refractivity contribution in [2.45, 2.75) is 13.0 Å². The maximum absolute atomic E-state index is 12.2. The summed E-state index contributed by atoms with van der Waals surface area (Å²) in [6, 6.07) is 23.6. The summed E-state index contributed by atoms with van der Waals surface area (Å²) in [6.07, 6.45) is 1.72. The molecule has 0 atom stereocenters. The highest BCUT2D eigenvalue weighted by molar-refractivity contribution is 5.97. The zero-order chi connectivity index (χ0) is 20.9. The summed E-state index contributed by atoms with van der Waals surface area (Å²) < 4.78 is 10.0. The number of amides is 1. The van der Waals surface area contributed by atoms with E-state index in [9.17, 15) is 9.59 Å². The first kappa shape index (κ1) is 19.5. The monoisotopic (exact) mass is 399 g/mol. The van der Waals surface area contributed by atoms with Crippen molar-refractivity contribution < 1.29 is 19.1 Å². The van der Waals surface area contributed by atoms with E-state index in [-0.39, 0.29) is 12.3 Å². The maximum Gasteiger partial charge on any atom is 0.412 e. The summed E-state index contributed by atoms with van der Waals surface area (Å²) in [6.45, 7) is 0.109. The summed E-state index contributed by atoms with van der Waals surface area (Å²) >= 11 is 0. The zero-order valence-corrected chi connectivity index (χ0v) is 16.6. The number of esters is 1. The van der Waals surface area contributed by atoms with E-state index in [4.69, 9.17) is 9.47 Å². The Bertz CT molecular complexity index is 1120. The lowest BCUT2D eigenvalue weighted by atomic mass is 10.0. The van der Waals surface area contributed by atoms with Crippen molar-refractivity contribution in [1.29, 1.82) is 0 Å². The number of hydrogen-bond acceptors (Lipinski definition) is 4. The number of ether oxygens (including phenoxy) is 2. The van der Waals surface area contributed by atoms with Crippen LogP contribution in [-0.2, 0) is 27.3 Å². The Balaban J connectivity index is 1.50. The molecular formula is C25H21NO4. The van der Waals surface area contributed by atoms with Crippen LogP contribution >= 0.6 is 0 Å². The van der Waals surface area contributed by atoms with Gasteiger partial charge in [0, 0.05) is 0 Å². The van der Waals surface area contributed by atoms with E-state index in [1.54, 1.807) is 6.08 Å². The molecule has 0 spiro atoms. The third-order valence-electron chi connectivity index (χ3n) is 4.98. The van der Waals surface area contributed by atoms with E-state index >= 15 is 0 Å². The summed E-state index contributed by atoms with van der Waals surface area (Å²) in [5, 5.41) is 2.50. The third kappa shape index (κ3) is 4.25. The van der Waals surface area contributed by atoms with Gasteiger partial charge in [0.2, 0.25) is 0 Å². The molecule has 30 heavy (non-hydrogen) atoms. The second-order valence-electron chi connectivity index (χ2n) is 6.99. The summed E-state index contributed by atoms with van der Waals surface area (Å²) in [4.78, 5) is 24.4. The van der Waals surface area contributed by atoms with E-state index in [2.05, 4.69) is 17.4 Å². The number of benzene rings is 3. The summed E-state index contributed by atoms with van der Waals surface area (Å²) in [7, 11) is 1.27. The van der Waals surface area contributed by atoms with Crippen LogP contribution in [-0.4, -0.2) is 19.2 Å². The van der Waals surface area contributed by atoms with Gasteiger partial charge in [0.25, 0.3) is 0 Å². The molecule has 1 aliphatic rings. The average molecular weight is 399 g/mol. The number of alkyl carbamates (subject to hydrolysis) is 1. The first-order valence-corrected chi connectivity index (χ1v) is 9.63.